The number of rotatable bonds is 5. The Kier molecular flexibility index (Phi) is 5.92. The fourth-order valence-electron chi connectivity index (χ4n) is 2.75. The predicted octanol–water partition coefficient (Wildman–Crippen LogP) is 1.71. The van der Waals surface area contributed by atoms with Crippen molar-refractivity contribution in [1.29, 1.82) is 0 Å². The molecule has 2 amide bonds. The largest absolute Gasteiger partial charge is 0.497 e. The quantitative estimate of drug-likeness (QED) is 0.553. The van der Waals surface area contributed by atoms with Crippen molar-refractivity contribution < 1.29 is 22.7 Å². The van der Waals surface area contributed by atoms with E-state index in [4.69, 9.17) is 17.0 Å². The van der Waals surface area contributed by atoms with Gasteiger partial charge in [-0.05, 0) is 36.8 Å². The third-order valence-corrected chi connectivity index (χ3v) is 6.99. The van der Waals surface area contributed by atoms with Crippen LogP contribution in [0.5, 0.6) is 5.75 Å². The van der Waals surface area contributed by atoms with E-state index < -0.39 is 27.8 Å². The van der Waals surface area contributed by atoms with Crippen molar-refractivity contribution >= 4 is 56.0 Å². The van der Waals surface area contributed by atoms with Crippen LogP contribution in [-0.2, 0) is 19.4 Å². The number of methoxy groups -OCH3 is 1. The lowest BCUT2D eigenvalue weighted by Gasteiger charge is -2.23. The molecule has 0 aromatic heterocycles. The molecule has 0 aliphatic carbocycles. The van der Waals surface area contributed by atoms with Crippen molar-refractivity contribution in [2.45, 2.75) is 19.0 Å². The normalized spacial score (nSPS) is 23.3. The van der Waals surface area contributed by atoms with Crippen LogP contribution < -0.4 is 10.1 Å². The van der Waals surface area contributed by atoms with E-state index in [1.165, 1.54) is 11.0 Å². The van der Waals surface area contributed by atoms with Crippen LogP contribution in [0.1, 0.15) is 12.5 Å². The number of benzene rings is 1. The average molecular weight is 439 g/mol. The molecule has 0 bridgehead atoms. The summed E-state index contributed by atoms with van der Waals surface area (Å²) in [5.74, 6) is -0.295. The molecular formula is C18H18N2O5S3. The third-order valence-electron chi connectivity index (χ3n) is 4.26. The first kappa shape index (κ1) is 20.6. The second kappa shape index (κ2) is 8.06. The molecule has 0 saturated carbocycles. The minimum absolute atomic E-state index is 0.179. The van der Waals surface area contributed by atoms with Gasteiger partial charge in [0.15, 0.2) is 9.84 Å². The average Bonchev–Trinajstić information content (AvgIpc) is 3.13. The lowest BCUT2D eigenvalue weighted by atomic mass is 10.2. The molecule has 1 N–H and O–H groups in total. The lowest BCUT2D eigenvalue weighted by Crippen LogP contribution is -2.49. The van der Waals surface area contributed by atoms with Crippen molar-refractivity contribution in [3.05, 3.63) is 46.2 Å². The number of nitrogens with one attached hydrogen (secondary N) is 1. The van der Waals surface area contributed by atoms with E-state index in [1.807, 2.05) is 12.1 Å². The van der Waals surface area contributed by atoms with E-state index in [-0.39, 0.29) is 16.0 Å². The molecule has 0 spiro atoms. The van der Waals surface area contributed by atoms with E-state index in [0.29, 0.717) is 10.7 Å². The Morgan fingerprint density at radius 1 is 1.39 bits per heavy atom. The fourth-order valence-corrected chi connectivity index (χ4v) is 5.41. The zero-order valence-electron chi connectivity index (χ0n) is 15.1. The highest BCUT2D eigenvalue weighted by atomic mass is 32.2. The number of carbonyl (C=O) groups excluding carboxylic acids is 2. The summed E-state index contributed by atoms with van der Waals surface area (Å²) in [7, 11) is -1.71. The van der Waals surface area contributed by atoms with E-state index in [9.17, 15) is 18.0 Å². The smallest absolute Gasteiger partial charge is 0.266 e. The van der Waals surface area contributed by atoms with Gasteiger partial charge in [0.25, 0.3) is 5.91 Å². The summed E-state index contributed by atoms with van der Waals surface area (Å²) in [6.07, 6.45) is 3.13. The topological polar surface area (TPSA) is 92.8 Å². The van der Waals surface area contributed by atoms with E-state index in [2.05, 4.69) is 5.32 Å². The molecule has 0 unspecified atom stereocenters. The van der Waals surface area contributed by atoms with Crippen LogP contribution in [-0.4, -0.2) is 54.4 Å². The molecule has 148 valence electrons. The Morgan fingerprint density at radius 3 is 2.64 bits per heavy atom. The van der Waals surface area contributed by atoms with Crippen LogP contribution in [0.15, 0.2) is 40.7 Å². The molecule has 28 heavy (non-hydrogen) atoms. The van der Waals surface area contributed by atoms with Gasteiger partial charge in [-0.15, -0.1) is 0 Å². The summed E-state index contributed by atoms with van der Waals surface area (Å²) < 4.78 is 28.3. The fraction of sp³-hybridized carbons (Fsp3) is 0.278. The monoisotopic (exact) mass is 438 g/mol. The predicted molar refractivity (Wildman–Crippen MR) is 112 cm³/mol. The summed E-state index contributed by atoms with van der Waals surface area (Å²) in [6, 6.07) is 5.74. The summed E-state index contributed by atoms with van der Waals surface area (Å²) in [4.78, 5) is 26.9. The first-order valence-electron chi connectivity index (χ1n) is 8.32. The maximum absolute atomic E-state index is 12.8. The van der Waals surface area contributed by atoms with Gasteiger partial charge >= 0.3 is 0 Å². The Morgan fingerprint density at radius 2 is 2.07 bits per heavy atom. The Balaban J connectivity index is 1.70. The first-order valence-corrected chi connectivity index (χ1v) is 11.3. The molecule has 0 radical (unpaired) electrons. The number of nitrogens with zero attached hydrogens (tertiary/aromatic N) is 1. The van der Waals surface area contributed by atoms with E-state index in [0.717, 1.165) is 22.7 Å². The number of thioether (sulfide) groups is 1. The van der Waals surface area contributed by atoms with Crippen molar-refractivity contribution in [3.63, 3.8) is 0 Å². The molecule has 1 fully saturated rings. The summed E-state index contributed by atoms with van der Waals surface area (Å²) in [5, 5.41) is 3.71. The van der Waals surface area contributed by atoms with Crippen molar-refractivity contribution in [3.8, 4) is 5.75 Å². The minimum atomic E-state index is -3.28. The number of thiocarbonyl (C=S) groups is 1. The van der Waals surface area contributed by atoms with Crippen molar-refractivity contribution in [2.75, 3.05) is 12.9 Å². The molecule has 1 saturated heterocycles. The molecule has 2 atom stereocenters. The van der Waals surface area contributed by atoms with Gasteiger partial charge in [0.2, 0.25) is 5.91 Å². The first-order chi connectivity index (χ1) is 13.2. The van der Waals surface area contributed by atoms with Gasteiger partial charge < -0.3 is 10.1 Å². The second-order valence-corrected chi connectivity index (χ2v) is 9.88. The van der Waals surface area contributed by atoms with Crippen LogP contribution >= 0.6 is 24.0 Å². The van der Waals surface area contributed by atoms with Crippen LogP contribution in [0, 0.1) is 0 Å². The Hall–Kier alpha value is -2.17. The van der Waals surface area contributed by atoms with Gasteiger partial charge in [0, 0.05) is 5.41 Å². The Labute approximate surface area is 172 Å². The third kappa shape index (κ3) is 4.45. The summed E-state index contributed by atoms with van der Waals surface area (Å²) >= 11 is 6.40. The summed E-state index contributed by atoms with van der Waals surface area (Å²) in [5.41, 5.74) is 0.805. The highest BCUT2D eigenvalue weighted by molar-refractivity contribution is 8.26. The molecule has 7 nitrogen and oxygen atoms in total. The number of sulfone groups is 1. The van der Waals surface area contributed by atoms with E-state index in [1.54, 1.807) is 32.2 Å². The van der Waals surface area contributed by atoms with Crippen LogP contribution in [0.2, 0.25) is 0 Å². The number of ether oxygens (including phenoxy) is 1. The van der Waals surface area contributed by atoms with Gasteiger partial charge in [-0.2, -0.15) is 0 Å². The number of hydrogen-bond acceptors (Lipinski definition) is 7. The SMILES string of the molecule is COc1ccc(/C=C2/SC(=S)N([C@@H](C)C(=O)N[C@H]3C=CS(=O)(=O)C3)C2=O)cc1. The number of amides is 2. The van der Waals surface area contributed by atoms with Gasteiger partial charge in [-0.3, -0.25) is 14.5 Å². The zero-order chi connectivity index (χ0) is 20.5. The molecule has 2 aliphatic heterocycles. The Bertz CT molecular complexity index is 983. The zero-order valence-corrected chi connectivity index (χ0v) is 17.6. The van der Waals surface area contributed by atoms with E-state index >= 15 is 0 Å². The summed E-state index contributed by atoms with van der Waals surface area (Å²) in [6.45, 7) is 1.56. The number of hydrogen-bond donors (Lipinski definition) is 1. The highest BCUT2D eigenvalue weighted by Crippen LogP contribution is 2.34. The van der Waals surface area contributed by atoms with Crippen molar-refractivity contribution in [2.24, 2.45) is 0 Å². The van der Waals surface area contributed by atoms with Crippen molar-refractivity contribution in [1.82, 2.24) is 10.2 Å². The number of carbonyl (C=O) groups is 2. The molecule has 1 aromatic rings. The standard InChI is InChI=1S/C18H18N2O5S3/c1-11(16(21)19-13-7-8-28(23,24)10-13)20-17(22)15(27-18(20)26)9-12-3-5-14(25-2)6-4-12/h3-9,11,13H,10H2,1-2H3,(H,19,21)/b15-9+/t11-,13-/m0/s1. The van der Waals surface area contributed by atoms with Gasteiger partial charge in [0.05, 0.1) is 23.8 Å². The van der Waals surface area contributed by atoms with Crippen LogP contribution in [0.25, 0.3) is 6.08 Å². The maximum Gasteiger partial charge on any atom is 0.266 e. The molecule has 10 heteroatoms. The molecule has 2 aliphatic rings. The van der Waals surface area contributed by atoms with Gasteiger partial charge in [0.1, 0.15) is 16.1 Å². The van der Waals surface area contributed by atoms with Gasteiger partial charge in [-0.1, -0.05) is 36.1 Å². The van der Waals surface area contributed by atoms with Gasteiger partial charge in [-0.25, -0.2) is 8.42 Å². The minimum Gasteiger partial charge on any atom is -0.497 e. The molecular weight excluding hydrogens is 420 g/mol. The molecule has 1 aromatic carbocycles. The molecule has 2 heterocycles. The molecule has 3 rings (SSSR count). The highest BCUT2D eigenvalue weighted by Gasteiger charge is 2.39. The van der Waals surface area contributed by atoms with Crippen LogP contribution in [0.3, 0.4) is 0 Å². The maximum atomic E-state index is 12.8. The van der Waals surface area contributed by atoms with Crippen LogP contribution in [0.4, 0.5) is 0 Å². The second-order valence-electron chi connectivity index (χ2n) is 6.27. The lowest BCUT2D eigenvalue weighted by molar-refractivity contribution is -0.132.